The van der Waals surface area contributed by atoms with Gasteiger partial charge < -0.3 is 10.2 Å². The molecule has 0 bridgehead atoms. The number of halogens is 3. The summed E-state index contributed by atoms with van der Waals surface area (Å²) in [6, 6.07) is 4.25. The van der Waals surface area contributed by atoms with E-state index in [1.807, 2.05) is 6.92 Å². The molecule has 1 amide bonds. The van der Waals surface area contributed by atoms with Crippen LogP contribution in [0, 0.1) is 0 Å². The Kier molecular flexibility index (Phi) is 5.07. The Morgan fingerprint density at radius 3 is 2.85 bits per heavy atom. The van der Waals surface area contributed by atoms with E-state index in [1.54, 1.807) is 6.08 Å². The van der Waals surface area contributed by atoms with Crippen LogP contribution in [0.25, 0.3) is 0 Å². The molecule has 3 rings (SSSR count). The molecule has 0 spiro atoms. The number of rotatable bonds is 4. The zero-order valence-electron chi connectivity index (χ0n) is 14.4. The lowest BCUT2D eigenvalue weighted by Gasteiger charge is -2.26. The van der Waals surface area contributed by atoms with E-state index >= 15 is 0 Å². The Morgan fingerprint density at radius 2 is 2.11 bits per heavy atom. The number of carbonyl (C=O) groups excluding carboxylic acids is 2. The van der Waals surface area contributed by atoms with Crippen LogP contribution >= 0.6 is 0 Å². The van der Waals surface area contributed by atoms with Gasteiger partial charge in [0.1, 0.15) is 0 Å². The number of alkyl halides is 3. The van der Waals surface area contributed by atoms with Crippen molar-refractivity contribution < 1.29 is 27.6 Å². The van der Waals surface area contributed by atoms with Gasteiger partial charge in [0.05, 0.1) is 11.3 Å². The number of carbonyl (C=O) groups is 2. The van der Waals surface area contributed by atoms with E-state index in [0.29, 0.717) is 23.5 Å². The molecular formula is C19H17F3N2O3. The van der Waals surface area contributed by atoms with Crippen molar-refractivity contribution in [3.8, 4) is 0 Å². The third kappa shape index (κ3) is 4.21. The lowest BCUT2D eigenvalue weighted by molar-refractivity contribution is -0.137. The number of fused-ring (bicyclic) bond motifs is 1. The fourth-order valence-corrected chi connectivity index (χ4v) is 2.82. The van der Waals surface area contributed by atoms with Crippen molar-refractivity contribution in [3.63, 3.8) is 0 Å². The molecule has 0 saturated carbocycles. The lowest BCUT2D eigenvalue weighted by Crippen LogP contribution is -2.29. The van der Waals surface area contributed by atoms with Crippen molar-refractivity contribution in [3.05, 3.63) is 70.1 Å². The Balaban J connectivity index is 1.63. The molecule has 1 heterocycles. The number of amides is 1. The smallest absolute Gasteiger partial charge is 0.382 e. The SMILES string of the molecule is CC1=C(CCNC(=O)c2cccc(C(F)(F)F)c2)NOC2=CCC(=O)C=C21. The second-order valence-electron chi connectivity index (χ2n) is 6.19. The maximum absolute atomic E-state index is 12.7. The molecule has 2 N–H and O–H groups in total. The summed E-state index contributed by atoms with van der Waals surface area (Å²) < 4.78 is 38.2. The molecule has 5 nitrogen and oxygen atoms in total. The second-order valence-corrected chi connectivity index (χ2v) is 6.19. The second kappa shape index (κ2) is 7.30. The van der Waals surface area contributed by atoms with Crippen molar-refractivity contribution in [2.24, 2.45) is 0 Å². The average molecular weight is 378 g/mol. The van der Waals surface area contributed by atoms with Crippen molar-refractivity contribution in [1.82, 2.24) is 10.8 Å². The van der Waals surface area contributed by atoms with E-state index in [2.05, 4.69) is 10.8 Å². The molecule has 0 atom stereocenters. The minimum absolute atomic E-state index is 0.0178. The highest BCUT2D eigenvalue weighted by Crippen LogP contribution is 2.31. The largest absolute Gasteiger partial charge is 0.416 e. The van der Waals surface area contributed by atoms with Gasteiger partial charge in [0.15, 0.2) is 11.5 Å². The van der Waals surface area contributed by atoms with Crippen LogP contribution in [0.4, 0.5) is 13.2 Å². The van der Waals surface area contributed by atoms with Crippen molar-refractivity contribution in [1.29, 1.82) is 0 Å². The summed E-state index contributed by atoms with van der Waals surface area (Å²) in [4.78, 5) is 29.1. The third-order valence-corrected chi connectivity index (χ3v) is 4.31. The first-order chi connectivity index (χ1) is 12.8. The molecule has 1 aromatic carbocycles. The molecular weight excluding hydrogens is 361 g/mol. The highest BCUT2D eigenvalue weighted by molar-refractivity contribution is 5.95. The molecule has 0 radical (unpaired) electrons. The number of hydroxylamine groups is 1. The van der Waals surface area contributed by atoms with Crippen LogP contribution < -0.4 is 10.8 Å². The zero-order chi connectivity index (χ0) is 19.6. The highest BCUT2D eigenvalue weighted by Gasteiger charge is 2.31. The number of benzene rings is 1. The fraction of sp³-hybridized carbons (Fsp3) is 0.263. The summed E-state index contributed by atoms with van der Waals surface area (Å²) in [5.74, 6) is -0.0247. The van der Waals surface area contributed by atoms with Crippen LogP contribution in [0.5, 0.6) is 0 Å². The first kappa shape index (κ1) is 18.8. The van der Waals surface area contributed by atoms with Gasteiger partial charge in [-0.15, -0.1) is 0 Å². The Morgan fingerprint density at radius 1 is 1.33 bits per heavy atom. The monoisotopic (exact) mass is 378 g/mol. The minimum atomic E-state index is -4.50. The summed E-state index contributed by atoms with van der Waals surface area (Å²) in [5.41, 5.74) is 4.07. The fourth-order valence-electron chi connectivity index (χ4n) is 2.82. The van der Waals surface area contributed by atoms with Crippen molar-refractivity contribution >= 4 is 11.7 Å². The third-order valence-electron chi connectivity index (χ3n) is 4.31. The minimum Gasteiger partial charge on any atom is -0.382 e. The molecule has 142 valence electrons. The molecule has 8 heteroatoms. The van der Waals surface area contributed by atoms with E-state index in [9.17, 15) is 22.8 Å². The predicted octanol–water partition coefficient (Wildman–Crippen LogP) is 3.42. The van der Waals surface area contributed by atoms with Gasteiger partial charge in [-0.05, 0) is 42.8 Å². The van der Waals surface area contributed by atoms with Gasteiger partial charge in [-0.3, -0.25) is 9.59 Å². The van der Waals surface area contributed by atoms with Crippen molar-refractivity contribution in [2.75, 3.05) is 6.54 Å². The molecule has 0 fully saturated rings. The van der Waals surface area contributed by atoms with E-state index < -0.39 is 17.6 Å². The zero-order valence-corrected chi connectivity index (χ0v) is 14.4. The number of hydrogen-bond donors (Lipinski definition) is 2. The van der Waals surface area contributed by atoms with Crippen LogP contribution in [0.2, 0.25) is 0 Å². The Bertz CT molecular complexity index is 882. The van der Waals surface area contributed by atoms with Crippen LogP contribution in [0.15, 0.2) is 59.0 Å². The normalized spacial score (nSPS) is 16.7. The number of allylic oxidation sites excluding steroid dienone is 3. The standard InChI is InChI=1S/C19H17F3N2O3/c1-11-15-10-14(25)5-6-17(15)27-24-16(11)7-8-23-18(26)12-3-2-4-13(9-12)19(20,21)22/h2-4,6,9-10,24H,5,7-8H2,1H3,(H,23,26). The lowest BCUT2D eigenvalue weighted by atomic mass is 9.95. The van der Waals surface area contributed by atoms with Gasteiger partial charge in [-0.1, -0.05) is 6.07 Å². The number of nitrogens with one attached hydrogen (secondary N) is 2. The van der Waals surface area contributed by atoms with Gasteiger partial charge in [0.25, 0.3) is 5.91 Å². The van der Waals surface area contributed by atoms with E-state index in [-0.39, 0.29) is 24.3 Å². The van der Waals surface area contributed by atoms with E-state index in [4.69, 9.17) is 4.84 Å². The van der Waals surface area contributed by atoms with Crippen molar-refractivity contribution in [2.45, 2.75) is 25.9 Å². The predicted molar refractivity (Wildman–Crippen MR) is 91.1 cm³/mol. The number of hydrogen-bond acceptors (Lipinski definition) is 4. The maximum atomic E-state index is 12.7. The van der Waals surface area contributed by atoms with Crippen LogP contribution in [0.3, 0.4) is 0 Å². The molecule has 0 saturated heterocycles. The topological polar surface area (TPSA) is 67.4 Å². The summed E-state index contributed by atoms with van der Waals surface area (Å²) in [6.45, 7) is 2.02. The summed E-state index contributed by atoms with van der Waals surface area (Å²) >= 11 is 0. The maximum Gasteiger partial charge on any atom is 0.416 e. The summed E-state index contributed by atoms with van der Waals surface area (Å²) in [6.07, 6.45) is -0.628. The summed E-state index contributed by atoms with van der Waals surface area (Å²) in [7, 11) is 0. The van der Waals surface area contributed by atoms with Crippen LogP contribution in [-0.4, -0.2) is 18.2 Å². The molecule has 1 aromatic rings. The Hall–Kier alpha value is -3.03. The first-order valence-corrected chi connectivity index (χ1v) is 8.29. The molecule has 2 aliphatic rings. The molecule has 1 aliphatic carbocycles. The molecule has 0 aromatic heterocycles. The Labute approximate surface area is 153 Å². The highest BCUT2D eigenvalue weighted by atomic mass is 19.4. The van der Waals surface area contributed by atoms with Gasteiger partial charge in [-0.25, -0.2) is 5.48 Å². The van der Waals surface area contributed by atoms with Gasteiger partial charge in [0, 0.05) is 30.5 Å². The molecule has 1 aliphatic heterocycles. The summed E-state index contributed by atoms with van der Waals surface area (Å²) in [5, 5.41) is 2.59. The molecule has 27 heavy (non-hydrogen) atoms. The van der Waals surface area contributed by atoms with Gasteiger partial charge >= 0.3 is 6.18 Å². The average Bonchev–Trinajstić information content (AvgIpc) is 2.63. The first-order valence-electron chi connectivity index (χ1n) is 8.29. The molecule has 0 unspecified atom stereocenters. The van der Waals surface area contributed by atoms with Gasteiger partial charge in [0.2, 0.25) is 0 Å². The van der Waals surface area contributed by atoms with Gasteiger partial charge in [-0.2, -0.15) is 13.2 Å². The number of ketones is 1. The van der Waals surface area contributed by atoms with E-state index in [1.165, 1.54) is 18.2 Å². The quantitative estimate of drug-likeness (QED) is 0.843. The van der Waals surface area contributed by atoms with Crippen LogP contribution in [-0.2, 0) is 15.8 Å². The van der Waals surface area contributed by atoms with Crippen LogP contribution in [0.1, 0.15) is 35.7 Å². The van der Waals surface area contributed by atoms with E-state index in [0.717, 1.165) is 17.7 Å².